The first-order valence-corrected chi connectivity index (χ1v) is 9.10. The van der Waals surface area contributed by atoms with E-state index in [4.69, 9.17) is 12.2 Å². The van der Waals surface area contributed by atoms with E-state index >= 15 is 0 Å². The van der Waals surface area contributed by atoms with Crippen molar-refractivity contribution in [1.82, 2.24) is 9.78 Å². The van der Waals surface area contributed by atoms with Crippen molar-refractivity contribution in [3.8, 4) is 0 Å². The fourth-order valence-electron chi connectivity index (χ4n) is 2.81. The summed E-state index contributed by atoms with van der Waals surface area (Å²) in [7, 11) is 0. The zero-order chi connectivity index (χ0) is 19.4. The number of nitrogens with zero attached hydrogens (tertiary/aromatic N) is 2. The van der Waals surface area contributed by atoms with Crippen LogP contribution in [-0.2, 0) is 6.54 Å². The van der Waals surface area contributed by atoms with Gasteiger partial charge in [-0.25, -0.2) is 0 Å². The smallest absolute Gasteiger partial charge is 0.175 e. The number of thiocarbonyl (C=S) groups is 1. The Bertz CT molecular complexity index is 976. The van der Waals surface area contributed by atoms with E-state index in [1.807, 2.05) is 35.9 Å². The molecule has 0 atom stereocenters. The van der Waals surface area contributed by atoms with Crippen LogP contribution in [0.3, 0.4) is 0 Å². The van der Waals surface area contributed by atoms with Crippen molar-refractivity contribution in [3.05, 3.63) is 77.1 Å². The predicted molar refractivity (Wildman–Crippen MR) is 114 cm³/mol. The summed E-state index contributed by atoms with van der Waals surface area (Å²) in [5, 5.41) is 11.2. The molecule has 3 aromatic rings. The largest absolute Gasteiger partial charge is 0.332 e. The highest BCUT2D eigenvalue weighted by Crippen LogP contribution is 2.15. The van der Waals surface area contributed by atoms with Gasteiger partial charge >= 0.3 is 0 Å². The maximum absolute atomic E-state index is 11.5. The highest BCUT2D eigenvalue weighted by Gasteiger charge is 2.05. The second kappa shape index (κ2) is 8.14. The minimum absolute atomic E-state index is 0.0238. The number of ketones is 1. The Hall–Kier alpha value is -2.99. The van der Waals surface area contributed by atoms with E-state index in [0.717, 1.165) is 29.3 Å². The van der Waals surface area contributed by atoms with Gasteiger partial charge in [0.25, 0.3) is 0 Å². The summed E-state index contributed by atoms with van der Waals surface area (Å²) in [4.78, 5) is 11.5. The van der Waals surface area contributed by atoms with Crippen molar-refractivity contribution in [2.45, 2.75) is 27.3 Å². The van der Waals surface area contributed by atoms with E-state index in [9.17, 15) is 4.79 Å². The molecule has 1 aromatic heterocycles. The average Bonchev–Trinajstić information content (AvgIpc) is 2.94. The Balaban J connectivity index is 1.61. The third-order valence-corrected chi connectivity index (χ3v) is 4.38. The van der Waals surface area contributed by atoms with Crippen LogP contribution in [0.1, 0.15) is 34.2 Å². The molecule has 0 saturated heterocycles. The number of Topliss-reactive ketones (excluding diaryl/α,β-unsaturated/α-hetero) is 1. The van der Waals surface area contributed by atoms with E-state index in [-0.39, 0.29) is 5.78 Å². The first-order chi connectivity index (χ1) is 12.9. The van der Waals surface area contributed by atoms with Crippen LogP contribution in [0.5, 0.6) is 0 Å². The fraction of sp³-hybridized carbons (Fsp3) is 0.190. The summed E-state index contributed by atoms with van der Waals surface area (Å²) < 4.78 is 1.99. The van der Waals surface area contributed by atoms with Crippen LogP contribution in [0.2, 0.25) is 0 Å². The Morgan fingerprint density at radius 2 is 1.74 bits per heavy atom. The molecular formula is C21H22N4OS. The maximum atomic E-state index is 11.5. The molecule has 1 heterocycles. The molecular weight excluding hydrogens is 356 g/mol. The Kier molecular flexibility index (Phi) is 5.66. The number of aromatic nitrogens is 2. The van der Waals surface area contributed by atoms with Crippen molar-refractivity contribution < 1.29 is 4.79 Å². The SMILES string of the molecule is CC(=O)c1cccc(NC(=S)Nc2ccc(Cn3nc(C)cc3C)cc2)c1. The number of hydrogen-bond donors (Lipinski definition) is 2. The molecule has 27 heavy (non-hydrogen) atoms. The lowest BCUT2D eigenvalue weighted by Crippen LogP contribution is -2.19. The molecule has 138 valence electrons. The van der Waals surface area contributed by atoms with Gasteiger partial charge < -0.3 is 10.6 Å². The predicted octanol–water partition coefficient (Wildman–Crippen LogP) is 4.56. The molecule has 0 fully saturated rings. The van der Waals surface area contributed by atoms with Gasteiger partial charge in [-0.2, -0.15) is 5.10 Å². The molecule has 2 N–H and O–H groups in total. The highest BCUT2D eigenvalue weighted by molar-refractivity contribution is 7.80. The number of rotatable bonds is 5. The van der Waals surface area contributed by atoms with Crippen molar-refractivity contribution in [3.63, 3.8) is 0 Å². The maximum Gasteiger partial charge on any atom is 0.175 e. The number of hydrogen-bond acceptors (Lipinski definition) is 3. The Morgan fingerprint density at radius 3 is 2.37 bits per heavy atom. The molecule has 0 spiro atoms. The lowest BCUT2D eigenvalue weighted by Gasteiger charge is -2.12. The highest BCUT2D eigenvalue weighted by atomic mass is 32.1. The van der Waals surface area contributed by atoms with Crippen LogP contribution in [0.15, 0.2) is 54.6 Å². The van der Waals surface area contributed by atoms with Crippen molar-refractivity contribution >= 4 is 34.5 Å². The lowest BCUT2D eigenvalue weighted by molar-refractivity contribution is 0.101. The molecule has 6 heteroatoms. The number of benzene rings is 2. The van der Waals surface area contributed by atoms with Crippen LogP contribution in [0.4, 0.5) is 11.4 Å². The minimum Gasteiger partial charge on any atom is -0.332 e. The van der Waals surface area contributed by atoms with Crippen LogP contribution < -0.4 is 10.6 Å². The molecule has 5 nitrogen and oxygen atoms in total. The summed E-state index contributed by atoms with van der Waals surface area (Å²) >= 11 is 5.36. The quantitative estimate of drug-likeness (QED) is 0.503. The van der Waals surface area contributed by atoms with Gasteiger partial charge in [0.05, 0.1) is 12.2 Å². The third-order valence-electron chi connectivity index (χ3n) is 4.17. The molecule has 0 bridgehead atoms. The summed E-state index contributed by atoms with van der Waals surface area (Å²) in [6, 6.07) is 17.4. The van der Waals surface area contributed by atoms with Gasteiger partial charge in [0.2, 0.25) is 0 Å². The number of carbonyl (C=O) groups excluding carboxylic acids is 1. The van der Waals surface area contributed by atoms with Crippen molar-refractivity contribution in [2.75, 3.05) is 10.6 Å². The van der Waals surface area contributed by atoms with Gasteiger partial charge in [0, 0.05) is 22.6 Å². The van der Waals surface area contributed by atoms with Gasteiger partial charge in [0.15, 0.2) is 10.9 Å². The number of nitrogens with one attached hydrogen (secondary N) is 2. The van der Waals surface area contributed by atoms with E-state index in [1.54, 1.807) is 19.1 Å². The molecule has 0 saturated carbocycles. The van der Waals surface area contributed by atoms with Crippen molar-refractivity contribution in [1.29, 1.82) is 0 Å². The zero-order valence-corrected chi connectivity index (χ0v) is 16.4. The summed E-state index contributed by atoms with van der Waals surface area (Å²) in [6.07, 6.45) is 0. The van der Waals surface area contributed by atoms with E-state index in [1.165, 1.54) is 5.56 Å². The molecule has 0 aliphatic heterocycles. The Morgan fingerprint density at radius 1 is 1.04 bits per heavy atom. The summed E-state index contributed by atoms with van der Waals surface area (Å²) in [5.41, 5.74) is 5.66. The van der Waals surface area contributed by atoms with E-state index in [0.29, 0.717) is 10.7 Å². The normalized spacial score (nSPS) is 10.5. The van der Waals surface area contributed by atoms with Crippen LogP contribution in [0, 0.1) is 13.8 Å². The number of anilines is 2. The van der Waals surface area contributed by atoms with Crippen LogP contribution in [0.25, 0.3) is 0 Å². The van der Waals surface area contributed by atoms with Gasteiger partial charge in [-0.3, -0.25) is 9.48 Å². The molecule has 0 aliphatic carbocycles. The minimum atomic E-state index is 0.0238. The third kappa shape index (κ3) is 5.01. The van der Waals surface area contributed by atoms with Gasteiger partial charge in [-0.05, 0) is 68.9 Å². The standard InChI is InChI=1S/C21H22N4OS/c1-14-11-15(2)25(24-14)13-17-7-9-19(10-8-17)22-21(27)23-20-6-4-5-18(12-20)16(3)26/h4-12H,13H2,1-3H3,(H2,22,23,27). The fourth-order valence-corrected chi connectivity index (χ4v) is 3.05. The monoisotopic (exact) mass is 378 g/mol. The lowest BCUT2D eigenvalue weighted by atomic mass is 10.1. The Labute approximate surface area is 164 Å². The molecule has 0 aliphatic rings. The molecule has 0 amide bonds. The topological polar surface area (TPSA) is 59.0 Å². The first-order valence-electron chi connectivity index (χ1n) is 8.70. The number of aryl methyl sites for hydroxylation is 2. The van der Waals surface area contributed by atoms with E-state index in [2.05, 4.69) is 40.9 Å². The van der Waals surface area contributed by atoms with Gasteiger partial charge in [-0.15, -0.1) is 0 Å². The van der Waals surface area contributed by atoms with Gasteiger partial charge in [-0.1, -0.05) is 24.3 Å². The molecule has 0 unspecified atom stereocenters. The second-order valence-corrected chi connectivity index (χ2v) is 6.91. The average molecular weight is 379 g/mol. The van der Waals surface area contributed by atoms with Crippen molar-refractivity contribution in [2.24, 2.45) is 0 Å². The molecule has 3 rings (SSSR count). The molecule has 0 radical (unpaired) electrons. The van der Waals surface area contributed by atoms with E-state index < -0.39 is 0 Å². The van der Waals surface area contributed by atoms with Gasteiger partial charge in [0.1, 0.15) is 0 Å². The van der Waals surface area contributed by atoms with Crippen LogP contribution >= 0.6 is 12.2 Å². The summed E-state index contributed by atoms with van der Waals surface area (Å²) in [6.45, 7) is 6.33. The second-order valence-electron chi connectivity index (χ2n) is 6.50. The van der Waals surface area contributed by atoms with Crippen LogP contribution in [-0.4, -0.2) is 20.7 Å². The first kappa shape index (κ1) is 18.8. The molecule has 2 aromatic carbocycles. The zero-order valence-electron chi connectivity index (χ0n) is 15.6. The summed E-state index contributed by atoms with van der Waals surface area (Å²) in [5.74, 6) is 0.0238. The number of carbonyl (C=O) groups is 1.